The van der Waals surface area contributed by atoms with Gasteiger partial charge in [0.05, 0.1) is 12.2 Å². The molecule has 1 fully saturated rings. The van der Waals surface area contributed by atoms with Crippen LogP contribution in [0.1, 0.15) is 9.67 Å². The predicted molar refractivity (Wildman–Crippen MR) is 71.6 cm³/mol. The van der Waals surface area contributed by atoms with Gasteiger partial charge in [0.15, 0.2) is 0 Å². The van der Waals surface area contributed by atoms with Gasteiger partial charge in [-0.1, -0.05) is 0 Å². The summed E-state index contributed by atoms with van der Waals surface area (Å²) in [5.41, 5.74) is 0. The average molecular weight is 321 g/mol. The molecule has 2 rings (SSSR count). The van der Waals surface area contributed by atoms with E-state index in [1.165, 1.54) is 30.7 Å². The zero-order valence-corrected chi connectivity index (χ0v) is 12.6. The van der Waals surface area contributed by atoms with Gasteiger partial charge in [-0.3, -0.25) is 0 Å². The maximum absolute atomic E-state index is 12.4. The minimum atomic E-state index is -3.71. The van der Waals surface area contributed by atoms with Gasteiger partial charge in [-0.25, -0.2) is 13.2 Å². The molecule has 2 unspecified atom stereocenters. The summed E-state index contributed by atoms with van der Waals surface area (Å²) in [4.78, 5) is 10.8. The Bertz CT molecular complexity index is 584. The molecule has 1 aromatic rings. The predicted octanol–water partition coefficient (Wildman–Crippen LogP) is 0.481. The highest BCUT2D eigenvalue weighted by Gasteiger charge is 2.40. The number of methoxy groups -OCH3 is 2. The fourth-order valence-corrected chi connectivity index (χ4v) is 4.82. The largest absolute Gasteiger partial charge is 0.477 e. The van der Waals surface area contributed by atoms with Crippen molar-refractivity contribution in [3.63, 3.8) is 0 Å². The Kier molecular flexibility index (Phi) is 4.45. The molecule has 0 amide bonds. The van der Waals surface area contributed by atoms with Crippen molar-refractivity contribution in [3.8, 4) is 0 Å². The van der Waals surface area contributed by atoms with E-state index in [0.29, 0.717) is 0 Å². The van der Waals surface area contributed by atoms with Crippen LogP contribution in [0.4, 0.5) is 0 Å². The molecule has 0 bridgehead atoms. The van der Waals surface area contributed by atoms with E-state index in [-0.39, 0.29) is 34.4 Å². The van der Waals surface area contributed by atoms with Gasteiger partial charge >= 0.3 is 5.97 Å². The van der Waals surface area contributed by atoms with Crippen molar-refractivity contribution < 1.29 is 27.8 Å². The van der Waals surface area contributed by atoms with Crippen molar-refractivity contribution in [1.29, 1.82) is 0 Å². The van der Waals surface area contributed by atoms with Crippen LogP contribution in [0.5, 0.6) is 0 Å². The van der Waals surface area contributed by atoms with Crippen LogP contribution in [-0.2, 0) is 19.5 Å². The quantitative estimate of drug-likeness (QED) is 0.848. The molecule has 1 aromatic heterocycles. The smallest absolute Gasteiger partial charge is 0.345 e. The molecule has 0 radical (unpaired) electrons. The molecule has 2 atom stereocenters. The minimum absolute atomic E-state index is 0.00523. The molecule has 0 aliphatic carbocycles. The topological polar surface area (TPSA) is 93.1 Å². The number of aromatic carboxylic acids is 1. The summed E-state index contributed by atoms with van der Waals surface area (Å²) >= 11 is 0.742. The first kappa shape index (κ1) is 15.4. The molecule has 1 N–H and O–H groups in total. The number of ether oxygens (including phenoxy) is 2. The number of nitrogens with zero attached hydrogens (tertiary/aromatic N) is 1. The summed E-state index contributed by atoms with van der Waals surface area (Å²) in [6, 6.07) is 2.60. The van der Waals surface area contributed by atoms with E-state index in [1.807, 2.05) is 0 Å². The number of hydrogen-bond donors (Lipinski definition) is 1. The molecule has 2 heterocycles. The Balaban J connectivity index is 2.24. The second-order valence-electron chi connectivity index (χ2n) is 4.29. The zero-order chi connectivity index (χ0) is 14.9. The van der Waals surface area contributed by atoms with Crippen LogP contribution in [0.3, 0.4) is 0 Å². The SMILES string of the molecule is COC1CN(S(=O)(=O)c2ccc(C(=O)O)s2)CC1OC. The number of carbonyl (C=O) groups is 1. The summed E-state index contributed by atoms with van der Waals surface area (Å²) in [6.07, 6.45) is -0.651. The zero-order valence-electron chi connectivity index (χ0n) is 11.0. The van der Waals surface area contributed by atoms with E-state index in [9.17, 15) is 13.2 Å². The summed E-state index contributed by atoms with van der Waals surface area (Å²) in [6.45, 7) is 0.384. The third kappa shape index (κ3) is 2.72. The summed E-state index contributed by atoms with van der Waals surface area (Å²) in [7, 11) is -0.708. The summed E-state index contributed by atoms with van der Waals surface area (Å²) < 4.78 is 36.5. The Labute approximate surface area is 120 Å². The number of thiophene rings is 1. The van der Waals surface area contributed by atoms with Crippen molar-refractivity contribution in [2.24, 2.45) is 0 Å². The minimum Gasteiger partial charge on any atom is -0.477 e. The summed E-state index contributed by atoms with van der Waals surface area (Å²) in [5.74, 6) is -1.14. The van der Waals surface area contributed by atoms with Crippen LogP contribution in [0.25, 0.3) is 0 Å². The molecule has 1 aliphatic rings. The number of sulfonamides is 1. The van der Waals surface area contributed by atoms with Gasteiger partial charge in [0.25, 0.3) is 10.0 Å². The van der Waals surface area contributed by atoms with E-state index >= 15 is 0 Å². The number of carboxylic acids is 1. The van der Waals surface area contributed by atoms with Crippen LogP contribution < -0.4 is 0 Å². The van der Waals surface area contributed by atoms with Crippen LogP contribution in [0.15, 0.2) is 16.3 Å². The van der Waals surface area contributed by atoms with E-state index in [4.69, 9.17) is 14.6 Å². The van der Waals surface area contributed by atoms with Crippen molar-refractivity contribution in [1.82, 2.24) is 4.31 Å². The molecule has 7 nitrogen and oxygen atoms in total. The maximum Gasteiger partial charge on any atom is 0.345 e. The van der Waals surface area contributed by atoms with Crippen molar-refractivity contribution in [3.05, 3.63) is 17.0 Å². The van der Waals surface area contributed by atoms with Gasteiger partial charge in [-0.15, -0.1) is 11.3 Å². The Morgan fingerprint density at radius 2 is 1.85 bits per heavy atom. The first-order valence-corrected chi connectivity index (χ1v) is 8.04. The molecule has 1 saturated heterocycles. The first-order valence-electron chi connectivity index (χ1n) is 5.79. The normalized spacial score (nSPS) is 24.1. The molecule has 1 aliphatic heterocycles. The standard InChI is InChI=1S/C11H15NO6S2/c1-17-7-5-12(6-8(7)18-2)20(15,16)10-4-3-9(19-10)11(13)14/h3-4,7-8H,5-6H2,1-2H3,(H,13,14). The van der Waals surface area contributed by atoms with Gasteiger partial charge in [0.1, 0.15) is 9.09 Å². The van der Waals surface area contributed by atoms with Gasteiger partial charge in [0.2, 0.25) is 0 Å². The number of hydrogen-bond acceptors (Lipinski definition) is 6. The highest BCUT2D eigenvalue weighted by atomic mass is 32.2. The maximum atomic E-state index is 12.4. The van der Waals surface area contributed by atoms with Crippen LogP contribution in [0, 0.1) is 0 Å². The van der Waals surface area contributed by atoms with Crippen LogP contribution in [0.2, 0.25) is 0 Å². The molecular formula is C11H15NO6S2. The molecule has 9 heteroatoms. The van der Waals surface area contributed by atoms with E-state index in [1.54, 1.807) is 0 Å². The molecule has 112 valence electrons. The van der Waals surface area contributed by atoms with Gasteiger partial charge in [-0.05, 0) is 12.1 Å². The fraction of sp³-hybridized carbons (Fsp3) is 0.545. The average Bonchev–Trinajstić information content (AvgIpc) is 3.05. The van der Waals surface area contributed by atoms with Crippen molar-refractivity contribution >= 4 is 27.3 Å². The lowest BCUT2D eigenvalue weighted by molar-refractivity contribution is -0.00461. The Hall–Kier alpha value is -1.00. The number of carboxylic acid groups (broad SMARTS) is 1. The summed E-state index contributed by atoms with van der Waals surface area (Å²) in [5, 5.41) is 8.85. The first-order chi connectivity index (χ1) is 9.40. The van der Waals surface area contributed by atoms with Crippen LogP contribution >= 0.6 is 11.3 Å². The van der Waals surface area contributed by atoms with E-state index in [2.05, 4.69) is 0 Å². The van der Waals surface area contributed by atoms with Crippen molar-refractivity contribution in [2.75, 3.05) is 27.3 Å². The lowest BCUT2D eigenvalue weighted by Gasteiger charge is -2.14. The highest BCUT2D eigenvalue weighted by Crippen LogP contribution is 2.28. The van der Waals surface area contributed by atoms with Gasteiger partial charge in [0, 0.05) is 27.3 Å². The fourth-order valence-electron chi connectivity index (χ4n) is 2.06. The molecule has 0 saturated carbocycles. The van der Waals surface area contributed by atoms with E-state index < -0.39 is 16.0 Å². The third-order valence-corrected chi connectivity index (χ3v) is 6.55. The number of rotatable bonds is 5. The highest BCUT2D eigenvalue weighted by molar-refractivity contribution is 7.91. The Morgan fingerprint density at radius 1 is 1.30 bits per heavy atom. The second-order valence-corrected chi connectivity index (χ2v) is 7.54. The molecule has 20 heavy (non-hydrogen) atoms. The Morgan fingerprint density at radius 3 is 2.25 bits per heavy atom. The van der Waals surface area contributed by atoms with Crippen LogP contribution in [-0.4, -0.2) is 63.3 Å². The van der Waals surface area contributed by atoms with Gasteiger partial charge in [-0.2, -0.15) is 4.31 Å². The second kappa shape index (κ2) is 5.78. The molecule has 0 spiro atoms. The van der Waals surface area contributed by atoms with Gasteiger partial charge < -0.3 is 14.6 Å². The lowest BCUT2D eigenvalue weighted by Crippen LogP contribution is -2.29. The monoisotopic (exact) mass is 321 g/mol. The van der Waals surface area contributed by atoms with Crippen molar-refractivity contribution in [2.45, 2.75) is 16.4 Å². The molecule has 0 aromatic carbocycles. The van der Waals surface area contributed by atoms with E-state index in [0.717, 1.165) is 11.3 Å². The lowest BCUT2D eigenvalue weighted by atomic mass is 10.3. The molecular weight excluding hydrogens is 306 g/mol. The third-order valence-electron chi connectivity index (χ3n) is 3.17.